The fourth-order valence-electron chi connectivity index (χ4n) is 1.35. The van der Waals surface area contributed by atoms with Crippen molar-refractivity contribution < 1.29 is 9.47 Å². The van der Waals surface area contributed by atoms with Gasteiger partial charge in [-0.25, -0.2) is 0 Å². The lowest BCUT2D eigenvalue weighted by atomic mass is 10.1. The highest BCUT2D eigenvalue weighted by Crippen LogP contribution is 2.14. The lowest BCUT2D eigenvalue weighted by Gasteiger charge is -2.11. The Labute approximate surface area is 103 Å². The van der Waals surface area contributed by atoms with Crippen LogP contribution in [0.5, 0.6) is 5.75 Å². The molecule has 0 radical (unpaired) electrons. The van der Waals surface area contributed by atoms with Gasteiger partial charge in [0, 0.05) is 6.04 Å². The van der Waals surface area contributed by atoms with Gasteiger partial charge in [-0.05, 0) is 32.4 Å². The van der Waals surface area contributed by atoms with E-state index < -0.39 is 0 Å². The Morgan fingerprint density at radius 2 is 2.06 bits per heavy atom. The Bertz CT molecular complexity index is 312. The SMILES string of the molecule is CC[C@H](N)c1ccc(OCCOC(C)C)cn1. The molecule has 17 heavy (non-hydrogen) atoms. The number of pyridine rings is 1. The third-order valence-corrected chi connectivity index (χ3v) is 2.38. The number of hydrogen-bond donors (Lipinski definition) is 1. The molecule has 4 heteroatoms. The second-order valence-corrected chi connectivity index (χ2v) is 4.20. The summed E-state index contributed by atoms with van der Waals surface area (Å²) < 4.78 is 10.9. The molecule has 0 unspecified atom stereocenters. The van der Waals surface area contributed by atoms with Crippen LogP contribution in [0.25, 0.3) is 0 Å². The number of aromatic nitrogens is 1. The van der Waals surface area contributed by atoms with E-state index in [9.17, 15) is 0 Å². The van der Waals surface area contributed by atoms with Crippen molar-refractivity contribution in [2.45, 2.75) is 39.3 Å². The van der Waals surface area contributed by atoms with E-state index in [1.54, 1.807) is 6.20 Å². The molecule has 0 aliphatic rings. The predicted molar refractivity (Wildman–Crippen MR) is 68.0 cm³/mol. The highest BCUT2D eigenvalue weighted by Gasteiger charge is 2.04. The normalized spacial score (nSPS) is 12.8. The van der Waals surface area contributed by atoms with E-state index in [1.807, 2.05) is 32.9 Å². The molecule has 0 spiro atoms. The molecule has 0 bridgehead atoms. The van der Waals surface area contributed by atoms with Crippen molar-refractivity contribution in [1.29, 1.82) is 0 Å². The summed E-state index contributed by atoms with van der Waals surface area (Å²) in [6, 6.07) is 3.81. The molecule has 0 aromatic carbocycles. The predicted octanol–water partition coefficient (Wildman–Crippen LogP) is 2.30. The Morgan fingerprint density at radius 1 is 1.29 bits per heavy atom. The maximum Gasteiger partial charge on any atom is 0.137 e. The Hall–Kier alpha value is -1.13. The third kappa shape index (κ3) is 5.15. The first-order valence-corrected chi connectivity index (χ1v) is 6.09. The van der Waals surface area contributed by atoms with Crippen molar-refractivity contribution in [1.82, 2.24) is 4.98 Å². The number of rotatable bonds is 7. The second kappa shape index (κ2) is 7.25. The highest BCUT2D eigenvalue weighted by atomic mass is 16.5. The largest absolute Gasteiger partial charge is 0.490 e. The van der Waals surface area contributed by atoms with Gasteiger partial charge in [0.15, 0.2) is 0 Å². The van der Waals surface area contributed by atoms with E-state index in [2.05, 4.69) is 4.98 Å². The molecule has 0 aliphatic heterocycles. The smallest absolute Gasteiger partial charge is 0.137 e. The summed E-state index contributed by atoms with van der Waals surface area (Å²) in [5.74, 6) is 0.754. The minimum atomic E-state index is 0.00771. The molecule has 0 fully saturated rings. The van der Waals surface area contributed by atoms with Crippen LogP contribution in [0.1, 0.15) is 38.9 Å². The summed E-state index contributed by atoms with van der Waals surface area (Å²) in [6.07, 6.45) is 2.83. The summed E-state index contributed by atoms with van der Waals surface area (Å²) in [4.78, 5) is 4.27. The van der Waals surface area contributed by atoms with Crippen molar-refractivity contribution in [2.75, 3.05) is 13.2 Å². The topological polar surface area (TPSA) is 57.4 Å². The summed E-state index contributed by atoms with van der Waals surface area (Å²) in [5.41, 5.74) is 6.78. The zero-order valence-electron chi connectivity index (χ0n) is 10.8. The van der Waals surface area contributed by atoms with Gasteiger partial charge in [-0.15, -0.1) is 0 Å². The van der Waals surface area contributed by atoms with Gasteiger partial charge in [-0.2, -0.15) is 0 Å². The standard InChI is InChI=1S/C13H22N2O2/c1-4-12(14)13-6-5-11(9-15-13)17-8-7-16-10(2)3/h5-6,9-10,12H,4,7-8,14H2,1-3H3/t12-/m0/s1. The summed E-state index contributed by atoms with van der Waals surface area (Å²) in [6.45, 7) is 7.18. The van der Waals surface area contributed by atoms with E-state index in [4.69, 9.17) is 15.2 Å². The van der Waals surface area contributed by atoms with E-state index >= 15 is 0 Å². The summed E-state index contributed by atoms with van der Waals surface area (Å²) in [5, 5.41) is 0. The number of nitrogens with zero attached hydrogens (tertiary/aromatic N) is 1. The fraction of sp³-hybridized carbons (Fsp3) is 0.615. The van der Waals surface area contributed by atoms with Gasteiger partial charge in [0.2, 0.25) is 0 Å². The lowest BCUT2D eigenvalue weighted by Crippen LogP contribution is -2.12. The number of hydrogen-bond acceptors (Lipinski definition) is 4. The van der Waals surface area contributed by atoms with Crippen molar-refractivity contribution in [3.8, 4) is 5.75 Å². The average molecular weight is 238 g/mol. The monoisotopic (exact) mass is 238 g/mol. The molecular weight excluding hydrogens is 216 g/mol. The van der Waals surface area contributed by atoms with Gasteiger partial charge in [0.05, 0.1) is 24.6 Å². The Kier molecular flexibility index (Phi) is 5.94. The molecule has 2 N–H and O–H groups in total. The average Bonchev–Trinajstić information content (AvgIpc) is 2.34. The van der Waals surface area contributed by atoms with Crippen LogP contribution in [0.2, 0.25) is 0 Å². The molecule has 96 valence electrons. The van der Waals surface area contributed by atoms with Gasteiger partial charge in [0.25, 0.3) is 0 Å². The van der Waals surface area contributed by atoms with Crippen molar-refractivity contribution >= 4 is 0 Å². The van der Waals surface area contributed by atoms with Crippen LogP contribution in [0.4, 0.5) is 0 Å². The van der Waals surface area contributed by atoms with Crippen LogP contribution in [-0.2, 0) is 4.74 Å². The molecule has 4 nitrogen and oxygen atoms in total. The summed E-state index contributed by atoms with van der Waals surface area (Å²) in [7, 11) is 0. The van der Waals surface area contributed by atoms with E-state index in [0.29, 0.717) is 13.2 Å². The fourth-order valence-corrected chi connectivity index (χ4v) is 1.35. The third-order valence-electron chi connectivity index (χ3n) is 2.38. The van der Waals surface area contributed by atoms with Crippen LogP contribution in [0.3, 0.4) is 0 Å². The van der Waals surface area contributed by atoms with E-state index in [1.165, 1.54) is 0 Å². The molecule has 1 heterocycles. The van der Waals surface area contributed by atoms with E-state index in [-0.39, 0.29) is 12.1 Å². The zero-order chi connectivity index (χ0) is 12.7. The number of nitrogens with two attached hydrogens (primary N) is 1. The van der Waals surface area contributed by atoms with Crippen molar-refractivity contribution in [3.63, 3.8) is 0 Å². The van der Waals surface area contributed by atoms with Crippen LogP contribution >= 0.6 is 0 Å². The molecule has 0 saturated heterocycles. The van der Waals surface area contributed by atoms with Crippen molar-refractivity contribution in [3.05, 3.63) is 24.0 Å². The second-order valence-electron chi connectivity index (χ2n) is 4.20. The van der Waals surface area contributed by atoms with Gasteiger partial charge in [-0.3, -0.25) is 4.98 Å². The Balaban J connectivity index is 2.35. The molecular formula is C13H22N2O2. The highest BCUT2D eigenvalue weighted by molar-refractivity contribution is 5.21. The van der Waals surface area contributed by atoms with Gasteiger partial charge in [0.1, 0.15) is 12.4 Å². The maximum atomic E-state index is 5.88. The van der Waals surface area contributed by atoms with Crippen LogP contribution in [0, 0.1) is 0 Å². The van der Waals surface area contributed by atoms with E-state index in [0.717, 1.165) is 17.9 Å². The molecule has 1 atom stereocenters. The van der Waals surface area contributed by atoms with Crippen LogP contribution in [0.15, 0.2) is 18.3 Å². The maximum absolute atomic E-state index is 5.88. The molecule has 0 saturated carbocycles. The lowest BCUT2D eigenvalue weighted by molar-refractivity contribution is 0.0552. The van der Waals surface area contributed by atoms with Crippen LogP contribution < -0.4 is 10.5 Å². The Morgan fingerprint density at radius 3 is 2.59 bits per heavy atom. The van der Waals surface area contributed by atoms with Gasteiger partial charge >= 0.3 is 0 Å². The molecule has 0 amide bonds. The minimum Gasteiger partial charge on any atom is -0.490 e. The van der Waals surface area contributed by atoms with Crippen molar-refractivity contribution in [2.24, 2.45) is 5.73 Å². The summed E-state index contributed by atoms with van der Waals surface area (Å²) >= 11 is 0. The zero-order valence-corrected chi connectivity index (χ0v) is 10.8. The minimum absolute atomic E-state index is 0.00771. The van der Waals surface area contributed by atoms with Gasteiger partial charge in [-0.1, -0.05) is 6.92 Å². The quantitative estimate of drug-likeness (QED) is 0.740. The first kappa shape index (κ1) is 13.9. The molecule has 1 aromatic rings. The molecule has 1 rings (SSSR count). The van der Waals surface area contributed by atoms with Crippen LogP contribution in [-0.4, -0.2) is 24.3 Å². The molecule has 0 aliphatic carbocycles. The first-order valence-electron chi connectivity index (χ1n) is 6.09. The van der Waals surface area contributed by atoms with Gasteiger partial charge < -0.3 is 15.2 Å². The molecule has 1 aromatic heterocycles. The number of ether oxygens (including phenoxy) is 2. The first-order chi connectivity index (χ1) is 8.13.